The van der Waals surface area contributed by atoms with Gasteiger partial charge in [-0.05, 0) is 33.6 Å². The van der Waals surface area contributed by atoms with Gasteiger partial charge < -0.3 is 9.47 Å². The predicted octanol–water partition coefficient (Wildman–Crippen LogP) is 3.26. The highest BCUT2D eigenvalue weighted by Crippen LogP contribution is 2.22. The van der Waals surface area contributed by atoms with Crippen molar-refractivity contribution in [3.05, 3.63) is 12.2 Å². The van der Waals surface area contributed by atoms with E-state index in [9.17, 15) is 0 Å². The third-order valence-corrected chi connectivity index (χ3v) is 3.04. The second-order valence-corrected chi connectivity index (χ2v) is 5.71. The van der Waals surface area contributed by atoms with Gasteiger partial charge in [-0.1, -0.05) is 28.1 Å². The molecular formula is C11H19BrO2. The molecule has 0 aromatic rings. The summed E-state index contributed by atoms with van der Waals surface area (Å²) in [6, 6.07) is 0. The number of halogens is 1. The number of rotatable bonds is 3. The Morgan fingerprint density at radius 2 is 1.93 bits per heavy atom. The van der Waals surface area contributed by atoms with Crippen molar-refractivity contribution >= 4 is 15.9 Å². The molecule has 0 radical (unpaired) electrons. The summed E-state index contributed by atoms with van der Waals surface area (Å²) < 4.78 is 11.2. The van der Waals surface area contributed by atoms with Gasteiger partial charge in [0.25, 0.3) is 0 Å². The zero-order chi connectivity index (χ0) is 10.6. The largest absolute Gasteiger partial charge is 0.351 e. The van der Waals surface area contributed by atoms with Crippen LogP contribution >= 0.6 is 15.9 Å². The van der Waals surface area contributed by atoms with Crippen molar-refractivity contribution in [1.29, 1.82) is 0 Å². The first-order valence-electron chi connectivity index (χ1n) is 5.04. The third-order valence-electron chi connectivity index (χ3n) is 2.07. The van der Waals surface area contributed by atoms with E-state index in [2.05, 4.69) is 28.1 Å². The number of allylic oxidation sites excluding steroid dienone is 1. The van der Waals surface area contributed by atoms with E-state index in [1.807, 2.05) is 20.8 Å². The van der Waals surface area contributed by atoms with E-state index in [4.69, 9.17) is 9.47 Å². The van der Waals surface area contributed by atoms with E-state index >= 15 is 0 Å². The molecule has 82 valence electrons. The van der Waals surface area contributed by atoms with Gasteiger partial charge in [0.15, 0.2) is 0 Å². The highest BCUT2D eigenvalue weighted by molar-refractivity contribution is 9.09. The molecule has 0 amide bonds. The van der Waals surface area contributed by atoms with Crippen LogP contribution in [0.4, 0.5) is 0 Å². The van der Waals surface area contributed by atoms with Gasteiger partial charge in [-0.25, -0.2) is 0 Å². The van der Waals surface area contributed by atoms with Gasteiger partial charge in [0.05, 0.1) is 11.7 Å². The van der Waals surface area contributed by atoms with Gasteiger partial charge in [0.1, 0.15) is 6.79 Å². The van der Waals surface area contributed by atoms with Crippen molar-refractivity contribution in [1.82, 2.24) is 0 Å². The van der Waals surface area contributed by atoms with Crippen LogP contribution in [0.1, 0.15) is 33.6 Å². The molecule has 1 aliphatic carbocycles. The fourth-order valence-corrected chi connectivity index (χ4v) is 1.81. The fraction of sp³-hybridized carbons (Fsp3) is 0.818. The average Bonchev–Trinajstić information content (AvgIpc) is 2.06. The Kier molecular flexibility index (Phi) is 4.61. The Hall–Kier alpha value is 0.140. The number of hydrogen-bond acceptors (Lipinski definition) is 2. The summed E-state index contributed by atoms with van der Waals surface area (Å²) >= 11 is 3.60. The monoisotopic (exact) mass is 262 g/mol. The first-order valence-corrected chi connectivity index (χ1v) is 5.95. The Bertz CT molecular complexity index is 196. The molecule has 0 N–H and O–H groups in total. The molecule has 1 unspecified atom stereocenters. The molecule has 0 spiro atoms. The van der Waals surface area contributed by atoms with Gasteiger partial charge in [-0.3, -0.25) is 0 Å². The lowest BCUT2D eigenvalue weighted by Crippen LogP contribution is -2.29. The molecule has 0 fully saturated rings. The second-order valence-electron chi connectivity index (χ2n) is 4.54. The van der Waals surface area contributed by atoms with E-state index in [1.54, 1.807) is 0 Å². The first kappa shape index (κ1) is 12.2. The highest BCUT2D eigenvalue weighted by Gasteiger charge is 2.21. The van der Waals surface area contributed by atoms with Crippen LogP contribution in [0.5, 0.6) is 0 Å². The van der Waals surface area contributed by atoms with Crippen LogP contribution < -0.4 is 0 Å². The summed E-state index contributed by atoms with van der Waals surface area (Å²) in [5.74, 6) is 0. The van der Waals surface area contributed by atoms with Gasteiger partial charge in [0.2, 0.25) is 0 Å². The van der Waals surface area contributed by atoms with Crippen molar-refractivity contribution in [3.8, 4) is 0 Å². The summed E-state index contributed by atoms with van der Waals surface area (Å²) in [6.45, 7) is 6.47. The average molecular weight is 263 g/mol. The third kappa shape index (κ3) is 4.58. The van der Waals surface area contributed by atoms with Gasteiger partial charge in [0, 0.05) is 4.83 Å². The highest BCUT2D eigenvalue weighted by atomic mass is 79.9. The quantitative estimate of drug-likeness (QED) is 0.442. The Morgan fingerprint density at radius 3 is 2.50 bits per heavy atom. The lowest BCUT2D eigenvalue weighted by atomic mass is 10.1. The molecule has 0 aliphatic heterocycles. The molecule has 14 heavy (non-hydrogen) atoms. The van der Waals surface area contributed by atoms with Crippen molar-refractivity contribution < 1.29 is 9.47 Å². The molecule has 0 aromatic carbocycles. The van der Waals surface area contributed by atoms with Crippen molar-refractivity contribution in [3.63, 3.8) is 0 Å². The van der Waals surface area contributed by atoms with Gasteiger partial charge in [-0.2, -0.15) is 0 Å². The van der Waals surface area contributed by atoms with Crippen LogP contribution in [0.15, 0.2) is 12.2 Å². The predicted molar refractivity (Wildman–Crippen MR) is 61.7 cm³/mol. The second kappa shape index (κ2) is 5.29. The molecule has 0 saturated carbocycles. The number of alkyl halides is 1. The van der Waals surface area contributed by atoms with E-state index in [0.717, 1.165) is 12.8 Å². The van der Waals surface area contributed by atoms with Gasteiger partial charge in [-0.15, -0.1) is 0 Å². The molecule has 1 rings (SSSR count). The molecule has 0 bridgehead atoms. The normalized spacial score (nSPS) is 28.0. The van der Waals surface area contributed by atoms with Crippen LogP contribution in [0.25, 0.3) is 0 Å². The minimum absolute atomic E-state index is 0.119. The molecular weight excluding hydrogens is 244 g/mol. The van der Waals surface area contributed by atoms with Crippen LogP contribution in [-0.2, 0) is 9.47 Å². The molecule has 0 heterocycles. The van der Waals surface area contributed by atoms with E-state index in [-0.39, 0.29) is 11.7 Å². The lowest BCUT2D eigenvalue weighted by molar-refractivity contribution is -0.142. The van der Waals surface area contributed by atoms with E-state index < -0.39 is 0 Å². The molecule has 1 aliphatic rings. The summed E-state index contributed by atoms with van der Waals surface area (Å²) in [7, 11) is 0. The smallest absolute Gasteiger partial charge is 0.147 e. The standard InChI is InChI=1S/C11H19BrO2/c1-11(2,3)14-8-13-10-7-5-4-6-9(10)12/h4-5,9-10H,6-8H2,1-3H3/t9?,10-/m1/s1. The summed E-state index contributed by atoms with van der Waals surface area (Å²) in [5, 5.41) is 0. The van der Waals surface area contributed by atoms with E-state index in [1.165, 1.54) is 0 Å². The Balaban J connectivity index is 2.21. The molecule has 0 aromatic heterocycles. The zero-order valence-electron chi connectivity index (χ0n) is 9.13. The van der Waals surface area contributed by atoms with Crippen LogP contribution in [0.2, 0.25) is 0 Å². The molecule has 3 heteroatoms. The molecule has 2 atom stereocenters. The zero-order valence-corrected chi connectivity index (χ0v) is 10.7. The number of ether oxygens (including phenoxy) is 2. The van der Waals surface area contributed by atoms with Crippen LogP contribution in [-0.4, -0.2) is 23.3 Å². The van der Waals surface area contributed by atoms with Crippen molar-refractivity contribution in [2.24, 2.45) is 0 Å². The molecule has 0 saturated heterocycles. The minimum atomic E-state index is -0.119. The van der Waals surface area contributed by atoms with Crippen LogP contribution in [0, 0.1) is 0 Å². The van der Waals surface area contributed by atoms with E-state index in [0.29, 0.717) is 11.6 Å². The topological polar surface area (TPSA) is 18.5 Å². The van der Waals surface area contributed by atoms with Gasteiger partial charge >= 0.3 is 0 Å². The van der Waals surface area contributed by atoms with Crippen LogP contribution in [0.3, 0.4) is 0 Å². The summed E-state index contributed by atoms with van der Waals surface area (Å²) in [6.07, 6.45) is 6.62. The Labute approximate surface area is 94.8 Å². The lowest BCUT2D eigenvalue weighted by Gasteiger charge is -2.26. The SMILES string of the molecule is CC(C)(C)OCO[C@@H]1CC=CCC1Br. The fourth-order valence-electron chi connectivity index (χ4n) is 1.23. The minimum Gasteiger partial charge on any atom is -0.351 e. The first-order chi connectivity index (χ1) is 6.49. The van der Waals surface area contributed by atoms with Crippen molar-refractivity contribution in [2.75, 3.05) is 6.79 Å². The van der Waals surface area contributed by atoms with Crippen molar-refractivity contribution in [2.45, 2.75) is 50.1 Å². The summed E-state index contributed by atoms with van der Waals surface area (Å²) in [4.78, 5) is 0.427. The Morgan fingerprint density at radius 1 is 1.29 bits per heavy atom. The maximum Gasteiger partial charge on any atom is 0.147 e. The molecule has 2 nitrogen and oxygen atoms in total. The number of hydrogen-bond donors (Lipinski definition) is 0. The maximum atomic E-state index is 5.65. The maximum absolute atomic E-state index is 5.65. The summed E-state index contributed by atoms with van der Waals surface area (Å²) in [5.41, 5.74) is -0.119.